The highest BCUT2D eigenvalue weighted by Gasteiger charge is 2.51. The molecule has 1 saturated heterocycles. The Hall–Kier alpha value is -0.880. The molecule has 0 saturated carbocycles. The molecule has 2 atom stereocenters. The van der Waals surface area contributed by atoms with E-state index in [4.69, 9.17) is 4.74 Å². The van der Waals surface area contributed by atoms with E-state index in [9.17, 15) is 13.2 Å². The van der Waals surface area contributed by atoms with Crippen molar-refractivity contribution in [1.29, 1.82) is 0 Å². The van der Waals surface area contributed by atoms with Crippen LogP contribution in [-0.2, 0) is 19.6 Å². The van der Waals surface area contributed by atoms with Crippen LogP contribution in [0, 0.1) is 5.92 Å². The fourth-order valence-electron chi connectivity index (χ4n) is 3.08. The number of ether oxygens (including phenoxy) is 1. The highest BCUT2D eigenvalue weighted by atomic mass is 32.2. The molecule has 1 aliphatic heterocycles. The third-order valence-electron chi connectivity index (χ3n) is 4.24. The largest absolute Gasteiger partial charge is 0.465 e. The lowest BCUT2D eigenvalue weighted by atomic mass is 9.86. The molecule has 2 aliphatic rings. The zero-order valence-corrected chi connectivity index (χ0v) is 14.1. The molecule has 5 nitrogen and oxygen atoms in total. The predicted octanol–water partition coefficient (Wildman–Crippen LogP) is 2.09. The molecule has 0 radical (unpaired) electrons. The summed E-state index contributed by atoms with van der Waals surface area (Å²) in [6, 6.07) is -0.694. The summed E-state index contributed by atoms with van der Waals surface area (Å²) in [6.07, 6.45) is 4.91. The van der Waals surface area contributed by atoms with Gasteiger partial charge in [0, 0.05) is 12.5 Å². The summed E-state index contributed by atoms with van der Waals surface area (Å²) >= 11 is 0. The number of nitrogens with zero attached hydrogens (tertiary/aromatic N) is 1. The van der Waals surface area contributed by atoms with Gasteiger partial charge < -0.3 is 4.74 Å². The van der Waals surface area contributed by atoms with E-state index in [0.717, 1.165) is 24.8 Å². The number of esters is 1. The van der Waals surface area contributed by atoms with E-state index in [1.165, 1.54) is 4.31 Å². The normalized spacial score (nSPS) is 27.1. The van der Waals surface area contributed by atoms with E-state index in [1.807, 2.05) is 0 Å². The summed E-state index contributed by atoms with van der Waals surface area (Å²) in [5.41, 5.74) is 1.08. The molecule has 0 aromatic carbocycles. The molecule has 21 heavy (non-hydrogen) atoms. The quantitative estimate of drug-likeness (QED) is 0.591. The second-order valence-corrected chi connectivity index (χ2v) is 9.32. The molecule has 0 spiro atoms. The van der Waals surface area contributed by atoms with E-state index in [0.29, 0.717) is 6.54 Å². The van der Waals surface area contributed by atoms with E-state index >= 15 is 0 Å². The number of hydrogen-bond donors (Lipinski definition) is 0. The summed E-state index contributed by atoms with van der Waals surface area (Å²) in [4.78, 5) is 12.3. The maximum atomic E-state index is 12.8. The number of carbonyl (C=O) groups is 1. The molecule has 0 unspecified atom stereocenters. The zero-order chi connectivity index (χ0) is 15.8. The Morgan fingerprint density at radius 1 is 1.43 bits per heavy atom. The van der Waals surface area contributed by atoms with Crippen molar-refractivity contribution < 1.29 is 17.9 Å². The number of sulfonamides is 1. The van der Waals surface area contributed by atoms with E-state index in [-0.39, 0.29) is 12.5 Å². The smallest absolute Gasteiger partial charge is 0.325 e. The third-order valence-corrected chi connectivity index (χ3v) is 6.76. The van der Waals surface area contributed by atoms with Crippen LogP contribution in [0.5, 0.6) is 0 Å². The molecule has 0 aromatic heterocycles. The van der Waals surface area contributed by atoms with Crippen LogP contribution in [0.15, 0.2) is 11.6 Å². The summed E-state index contributed by atoms with van der Waals surface area (Å²) in [5.74, 6) is -0.435. The van der Waals surface area contributed by atoms with Crippen molar-refractivity contribution in [1.82, 2.24) is 4.31 Å². The molecule has 2 rings (SSSR count). The van der Waals surface area contributed by atoms with Gasteiger partial charge in [0.05, 0.1) is 11.4 Å². The maximum absolute atomic E-state index is 12.8. The second-order valence-electron chi connectivity index (χ2n) is 6.68. The molecular formula is C15H25NO4S. The molecule has 0 bridgehead atoms. The van der Waals surface area contributed by atoms with Crippen molar-refractivity contribution in [3.8, 4) is 0 Å². The van der Waals surface area contributed by atoms with Gasteiger partial charge in [0.25, 0.3) is 0 Å². The van der Waals surface area contributed by atoms with Crippen LogP contribution in [0.1, 0.15) is 47.0 Å². The van der Waals surface area contributed by atoms with Crippen molar-refractivity contribution in [3.05, 3.63) is 11.6 Å². The van der Waals surface area contributed by atoms with E-state index < -0.39 is 26.8 Å². The summed E-state index contributed by atoms with van der Waals surface area (Å²) in [5, 5.41) is 0. The molecule has 1 aliphatic carbocycles. The minimum Gasteiger partial charge on any atom is -0.465 e. The number of rotatable bonds is 3. The van der Waals surface area contributed by atoms with Gasteiger partial charge in [-0.2, -0.15) is 4.31 Å². The molecule has 120 valence electrons. The highest BCUT2D eigenvalue weighted by Crippen LogP contribution is 2.40. The van der Waals surface area contributed by atoms with Crippen molar-refractivity contribution in [2.75, 3.05) is 13.2 Å². The first-order valence-corrected chi connectivity index (χ1v) is 9.01. The Labute approximate surface area is 127 Å². The summed E-state index contributed by atoms with van der Waals surface area (Å²) < 4.78 is 31.2. The van der Waals surface area contributed by atoms with Gasteiger partial charge in [-0.05, 0) is 47.0 Å². The van der Waals surface area contributed by atoms with Gasteiger partial charge in [0.2, 0.25) is 10.0 Å². The first-order chi connectivity index (χ1) is 9.70. The highest BCUT2D eigenvalue weighted by molar-refractivity contribution is 7.90. The molecular weight excluding hydrogens is 290 g/mol. The van der Waals surface area contributed by atoms with Gasteiger partial charge in [0.15, 0.2) is 0 Å². The molecule has 1 fully saturated rings. The van der Waals surface area contributed by atoms with Gasteiger partial charge in [-0.15, -0.1) is 0 Å². The van der Waals surface area contributed by atoms with E-state index in [2.05, 4.69) is 6.08 Å². The first kappa shape index (κ1) is 16.5. The number of hydrogen-bond acceptors (Lipinski definition) is 4. The van der Waals surface area contributed by atoms with Gasteiger partial charge >= 0.3 is 5.97 Å². The Morgan fingerprint density at radius 3 is 2.67 bits per heavy atom. The second kappa shape index (κ2) is 5.72. The monoisotopic (exact) mass is 315 g/mol. The standard InChI is InChI=1S/C15H25NO4S/c1-5-20-14(17)13-12-9-7-6-8-11(12)10-16(13)21(18,19)15(2,3)4/h8,12-13H,5-7,9-10H2,1-4H3/t12-,13+/m0/s1. The van der Waals surface area contributed by atoms with Crippen LogP contribution < -0.4 is 0 Å². The minimum absolute atomic E-state index is 0.0186. The van der Waals surface area contributed by atoms with Gasteiger partial charge in [-0.1, -0.05) is 11.6 Å². The topological polar surface area (TPSA) is 63.7 Å². The Kier molecular flexibility index (Phi) is 4.49. The van der Waals surface area contributed by atoms with Gasteiger partial charge in [0.1, 0.15) is 6.04 Å². The van der Waals surface area contributed by atoms with Crippen molar-refractivity contribution in [2.24, 2.45) is 5.92 Å². The number of carbonyl (C=O) groups excluding carboxylic acids is 1. The first-order valence-electron chi connectivity index (χ1n) is 7.57. The van der Waals surface area contributed by atoms with Crippen LogP contribution in [0.2, 0.25) is 0 Å². The number of fused-ring (bicyclic) bond motifs is 1. The van der Waals surface area contributed by atoms with Gasteiger partial charge in [-0.3, -0.25) is 4.79 Å². The minimum atomic E-state index is -3.56. The maximum Gasteiger partial charge on any atom is 0.325 e. The van der Waals surface area contributed by atoms with Crippen LogP contribution in [0.3, 0.4) is 0 Å². The van der Waals surface area contributed by atoms with Crippen molar-refractivity contribution in [3.63, 3.8) is 0 Å². The summed E-state index contributed by atoms with van der Waals surface area (Å²) in [6.45, 7) is 7.34. The van der Waals surface area contributed by atoms with Crippen LogP contribution in [0.25, 0.3) is 0 Å². The fraction of sp³-hybridized carbons (Fsp3) is 0.800. The Morgan fingerprint density at radius 2 is 2.10 bits per heavy atom. The van der Waals surface area contributed by atoms with E-state index in [1.54, 1.807) is 27.7 Å². The lowest BCUT2D eigenvalue weighted by Crippen LogP contribution is -2.50. The lowest BCUT2D eigenvalue weighted by molar-refractivity contribution is -0.148. The Balaban J connectivity index is 2.42. The molecule has 1 heterocycles. The molecule has 6 heteroatoms. The average Bonchev–Trinajstić information content (AvgIpc) is 2.77. The lowest BCUT2D eigenvalue weighted by Gasteiger charge is -2.31. The van der Waals surface area contributed by atoms with Crippen LogP contribution in [0.4, 0.5) is 0 Å². The predicted molar refractivity (Wildman–Crippen MR) is 81.2 cm³/mol. The zero-order valence-electron chi connectivity index (χ0n) is 13.3. The van der Waals surface area contributed by atoms with Crippen LogP contribution in [-0.4, -0.2) is 42.6 Å². The fourth-order valence-corrected chi connectivity index (χ4v) is 4.63. The molecule has 0 aromatic rings. The van der Waals surface area contributed by atoms with Crippen molar-refractivity contribution >= 4 is 16.0 Å². The summed E-state index contributed by atoms with van der Waals surface area (Å²) in [7, 11) is -3.56. The third kappa shape index (κ3) is 2.88. The van der Waals surface area contributed by atoms with Gasteiger partial charge in [-0.25, -0.2) is 8.42 Å². The van der Waals surface area contributed by atoms with Crippen molar-refractivity contribution in [2.45, 2.75) is 57.7 Å². The SMILES string of the molecule is CCOC(=O)[C@H]1[C@H]2CCCC=C2CN1S(=O)(=O)C(C)(C)C. The Bertz CT molecular complexity index is 545. The molecule has 0 N–H and O–H groups in total. The number of allylic oxidation sites excluding steroid dienone is 1. The molecule has 0 amide bonds. The van der Waals surface area contributed by atoms with Crippen LogP contribution >= 0.6 is 0 Å². The average molecular weight is 315 g/mol.